The molecule has 1 atom stereocenters. The number of carbonyl (C=O) groups is 1. The topological polar surface area (TPSA) is 84.4 Å². The van der Waals surface area contributed by atoms with Gasteiger partial charge in [0.1, 0.15) is 5.76 Å². The van der Waals surface area contributed by atoms with Gasteiger partial charge in [-0.1, -0.05) is 5.16 Å². The van der Waals surface area contributed by atoms with Gasteiger partial charge in [0.05, 0.1) is 19.4 Å². The lowest BCUT2D eigenvalue weighted by atomic mass is 9.97. The molecule has 1 saturated heterocycles. The Morgan fingerprint density at radius 1 is 1.33 bits per heavy atom. The molecule has 24 heavy (non-hydrogen) atoms. The third-order valence-corrected chi connectivity index (χ3v) is 4.66. The molecule has 1 saturated carbocycles. The molecule has 7 heteroatoms. The number of furan rings is 1. The minimum absolute atomic E-state index is 0.0128. The molecule has 1 N–H and O–H groups in total. The van der Waals surface area contributed by atoms with E-state index in [0.717, 1.165) is 56.2 Å². The van der Waals surface area contributed by atoms with Gasteiger partial charge >= 0.3 is 0 Å². The number of carbonyl (C=O) groups excluding carboxylic acids is 1. The van der Waals surface area contributed by atoms with Crippen molar-refractivity contribution < 1.29 is 13.7 Å². The van der Waals surface area contributed by atoms with Gasteiger partial charge in [0.25, 0.3) is 0 Å². The van der Waals surface area contributed by atoms with E-state index in [1.807, 2.05) is 12.1 Å². The van der Waals surface area contributed by atoms with E-state index in [1.165, 1.54) is 0 Å². The monoisotopic (exact) mass is 330 g/mol. The van der Waals surface area contributed by atoms with Crippen LogP contribution in [0.1, 0.15) is 55.0 Å². The quantitative estimate of drug-likeness (QED) is 0.872. The zero-order valence-corrected chi connectivity index (χ0v) is 13.6. The van der Waals surface area contributed by atoms with E-state index in [9.17, 15) is 4.79 Å². The van der Waals surface area contributed by atoms with Crippen LogP contribution in [0.25, 0.3) is 0 Å². The molecule has 3 heterocycles. The molecule has 0 bridgehead atoms. The predicted molar refractivity (Wildman–Crippen MR) is 85.2 cm³/mol. The van der Waals surface area contributed by atoms with Crippen LogP contribution in [0, 0.1) is 0 Å². The number of likely N-dealkylation sites (tertiary alicyclic amines) is 1. The standard InChI is InChI=1S/C17H22N4O3/c22-15(18-9-14-4-2-8-23-14)11-21-7-1-3-13(10-21)16-19-17(24-20-16)12-5-6-12/h2,4,8,12-13H,1,3,5-7,9-11H2,(H,18,22). The Morgan fingerprint density at radius 3 is 3.04 bits per heavy atom. The van der Waals surface area contributed by atoms with E-state index >= 15 is 0 Å². The number of aromatic nitrogens is 2. The average molecular weight is 330 g/mol. The van der Waals surface area contributed by atoms with Crippen molar-refractivity contribution >= 4 is 5.91 Å². The van der Waals surface area contributed by atoms with Gasteiger partial charge in [-0.2, -0.15) is 4.98 Å². The van der Waals surface area contributed by atoms with Crippen LogP contribution in [0.3, 0.4) is 0 Å². The summed E-state index contributed by atoms with van der Waals surface area (Å²) in [5, 5.41) is 7.05. The molecule has 7 nitrogen and oxygen atoms in total. The Labute approximate surface area is 140 Å². The molecule has 1 unspecified atom stereocenters. The summed E-state index contributed by atoms with van der Waals surface area (Å²) >= 11 is 0. The number of nitrogens with one attached hydrogen (secondary N) is 1. The SMILES string of the molecule is O=C(CN1CCCC(c2noc(C3CC3)n2)C1)NCc1ccco1. The largest absolute Gasteiger partial charge is 0.467 e. The molecular weight excluding hydrogens is 308 g/mol. The summed E-state index contributed by atoms with van der Waals surface area (Å²) in [6.07, 6.45) is 6.03. The van der Waals surface area contributed by atoms with Crippen molar-refractivity contribution in [3.05, 3.63) is 35.9 Å². The molecule has 2 fully saturated rings. The van der Waals surface area contributed by atoms with Crippen LogP contribution < -0.4 is 5.32 Å². The summed E-state index contributed by atoms with van der Waals surface area (Å²) < 4.78 is 10.6. The molecular formula is C17H22N4O3. The first-order chi connectivity index (χ1) is 11.8. The van der Waals surface area contributed by atoms with Crippen molar-refractivity contribution in [1.29, 1.82) is 0 Å². The van der Waals surface area contributed by atoms with Gasteiger partial charge in [-0.15, -0.1) is 0 Å². The van der Waals surface area contributed by atoms with Gasteiger partial charge in [0.15, 0.2) is 5.82 Å². The van der Waals surface area contributed by atoms with Crippen LogP contribution >= 0.6 is 0 Å². The second-order valence-electron chi connectivity index (χ2n) is 6.70. The van der Waals surface area contributed by atoms with Gasteiger partial charge < -0.3 is 14.3 Å². The van der Waals surface area contributed by atoms with Crippen molar-refractivity contribution in [1.82, 2.24) is 20.4 Å². The fraction of sp³-hybridized carbons (Fsp3) is 0.588. The van der Waals surface area contributed by atoms with E-state index < -0.39 is 0 Å². The van der Waals surface area contributed by atoms with Crippen molar-refractivity contribution in [3.63, 3.8) is 0 Å². The molecule has 2 aliphatic rings. The van der Waals surface area contributed by atoms with Crippen molar-refractivity contribution in [2.24, 2.45) is 0 Å². The third kappa shape index (κ3) is 3.67. The summed E-state index contributed by atoms with van der Waals surface area (Å²) in [5.41, 5.74) is 0. The van der Waals surface area contributed by atoms with Crippen LogP contribution in [0.4, 0.5) is 0 Å². The molecule has 0 radical (unpaired) electrons. The van der Waals surface area contributed by atoms with E-state index in [-0.39, 0.29) is 11.8 Å². The molecule has 4 rings (SSSR count). The number of hydrogen-bond donors (Lipinski definition) is 1. The van der Waals surface area contributed by atoms with Crippen LogP contribution in [0.2, 0.25) is 0 Å². The Balaban J connectivity index is 1.28. The first kappa shape index (κ1) is 15.4. The van der Waals surface area contributed by atoms with Crippen LogP contribution in [0.15, 0.2) is 27.3 Å². The second kappa shape index (κ2) is 6.76. The fourth-order valence-corrected chi connectivity index (χ4v) is 3.18. The van der Waals surface area contributed by atoms with Crippen molar-refractivity contribution in [2.45, 2.75) is 44.1 Å². The third-order valence-electron chi connectivity index (χ3n) is 4.66. The Hall–Kier alpha value is -2.15. The number of hydrogen-bond acceptors (Lipinski definition) is 6. The first-order valence-corrected chi connectivity index (χ1v) is 8.63. The summed E-state index contributed by atoms with van der Waals surface area (Å²) in [6.45, 7) is 2.55. The van der Waals surface area contributed by atoms with Crippen LogP contribution in [0.5, 0.6) is 0 Å². The summed E-state index contributed by atoms with van der Waals surface area (Å²) in [7, 11) is 0. The first-order valence-electron chi connectivity index (χ1n) is 8.63. The minimum Gasteiger partial charge on any atom is -0.467 e. The number of piperidine rings is 1. The normalized spacial score (nSPS) is 21.8. The number of amides is 1. The Kier molecular flexibility index (Phi) is 4.34. The lowest BCUT2D eigenvalue weighted by Crippen LogP contribution is -2.42. The van der Waals surface area contributed by atoms with Gasteiger partial charge in [-0.05, 0) is 44.4 Å². The Morgan fingerprint density at radius 2 is 2.25 bits per heavy atom. The molecule has 0 aromatic carbocycles. The van der Waals surface area contributed by atoms with Gasteiger partial charge in [-0.25, -0.2) is 0 Å². The molecule has 128 valence electrons. The number of nitrogens with zero attached hydrogens (tertiary/aromatic N) is 3. The predicted octanol–water partition coefficient (Wildman–Crippen LogP) is 2.04. The molecule has 2 aromatic rings. The van der Waals surface area contributed by atoms with Gasteiger partial charge in [0.2, 0.25) is 11.8 Å². The van der Waals surface area contributed by atoms with E-state index in [0.29, 0.717) is 19.0 Å². The molecule has 1 amide bonds. The van der Waals surface area contributed by atoms with E-state index in [4.69, 9.17) is 8.94 Å². The zero-order valence-electron chi connectivity index (χ0n) is 13.6. The maximum atomic E-state index is 12.1. The highest BCUT2D eigenvalue weighted by molar-refractivity contribution is 5.77. The lowest BCUT2D eigenvalue weighted by molar-refractivity contribution is -0.122. The highest BCUT2D eigenvalue weighted by Gasteiger charge is 2.32. The van der Waals surface area contributed by atoms with Crippen LogP contribution in [-0.4, -0.2) is 40.6 Å². The molecule has 1 aliphatic heterocycles. The van der Waals surface area contributed by atoms with Crippen molar-refractivity contribution in [2.75, 3.05) is 19.6 Å². The lowest BCUT2D eigenvalue weighted by Gasteiger charge is -2.30. The number of rotatable bonds is 6. The Bertz CT molecular complexity index is 678. The summed E-state index contributed by atoms with van der Waals surface area (Å²) in [4.78, 5) is 18.8. The second-order valence-corrected chi connectivity index (χ2v) is 6.70. The summed E-state index contributed by atoms with van der Waals surface area (Å²) in [5.74, 6) is 3.11. The molecule has 0 spiro atoms. The van der Waals surface area contributed by atoms with Crippen molar-refractivity contribution in [3.8, 4) is 0 Å². The zero-order chi connectivity index (χ0) is 16.4. The van der Waals surface area contributed by atoms with Gasteiger partial charge in [0, 0.05) is 18.4 Å². The van der Waals surface area contributed by atoms with E-state index in [1.54, 1.807) is 6.26 Å². The van der Waals surface area contributed by atoms with E-state index in [2.05, 4.69) is 20.4 Å². The fourth-order valence-electron chi connectivity index (χ4n) is 3.18. The van der Waals surface area contributed by atoms with Crippen LogP contribution in [-0.2, 0) is 11.3 Å². The average Bonchev–Trinajstić information content (AvgIpc) is 3.12. The van der Waals surface area contributed by atoms with Gasteiger partial charge in [-0.3, -0.25) is 9.69 Å². The maximum Gasteiger partial charge on any atom is 0.234 e. The molecule has 2 aromatic heterocycles. The maximum absolute atomic E-state index is 12.1. The summed E-state index contributed by atoms with van der Waals surface area (Å²) in [6, 6.07) is 3.67. The highest BCUT2D eigenvalue weighted by atomic mass is 16.5. The highest BCUT2D eigenvalue weighted by Crippen LogP contribution is 2.39. The smallest absolute Gasteiger partial charge is 0.234 e. The molecule has 1 aliphatic carbocycles. The minimum atomic E-state index is 0.0128.